The average Bonchev–Trinajstić information content (AvgIpc) is 3.56. The van der Waals surface area contributed by atoms with E-state index in [1.165, 1.54) is 18.4 Å². The minimum Gasteiger partial charge on any atom is -0.497 e. The van der Waals surface area contributed by atoms with Gasteiger partial charge in [0.25, 0.3) is 0 Å². The van der Waals surface area contributed by atoms with Crippen LogP contribution in [-0.2, 0) is 4.79 Å². The fourth-order valence-electron chi connectivity index (χ4n) is 3.66. The van der Waals surface area contributed by atoms with Gasteiger partial charge in [0.15, 0.2) is 0 Å². The van der Waals surface area contributed by atoms with Gasteiger partial charge in [-0.25, -0.2) is 0 Å². The number of ether oxygens (including phenoxy) is 2. The highest BCUT2D eigenvalue weighted by Crippen LogP contribution is 2.33. The molecule has 1 N–H and O–H groups in total. The molecule has 29 heavy (non-hydrogen) atoms. The van der Waals surface area contributed by atoms with Gasteiger partial charge < -0.3 is 14.8 Å². The SMILES string of the molecule is COc1ccc(OC)c(C(C)NC(=O)CN(CC2CC2)C(C)c2ccccc2)c1. The van der Waals surface area contributed by atoms with E-state index in [4.69, 9.17) is 9.47 Å². The number of hydrogen-bond acceptors (Lipinski definition) is 4. The number of amides is 1. The topological polar surface area (TPSA) is 50.8 Å². The lowest BCUT2D eigenvalue weighted by Crippen LogP contribution is -2.40. The molecule has 156 valence electrons. The Kier molecular flexibility index (Phi) is 7.15. The summed E-state index contributed by atoms with van der Waals surface area (Å²) in [6, 6.07) is 16.1. The Morgan fingerprint density at radius 1 is 1.10 bits per heavy atom. The van der Waals surface area contributed by atoms with Crippen LogP contribution in [0.15, 0.2) is 48.5 Å². The first-order valence-corrected chi connectivity index (χ1v) is 10.3. The summed E-state index contributed by atoms with van der Waals surface area (Å²) in [4.78, 5) is 15.2. The van der Waals surface area contributed by atoms with Crippen LogP contribution in [0.1, 0.15) is 49.9 Å². The normalized spacial score (nSPS) is 15.6. The van der Waals surface area contributed by atoms with Gasteiger partial charge in [0.05, 0.1) is 26.8 Å². The van der Waals surface area contributed by atoms with Gasteiger partial charge in [0.2, 0.25) is 5.91 Å². The first kappa shape index (κ1) is 21.2. The molecule has 1 saturated carbocycles. The smallest absolute Gasteiger partial charge is 0.234 e. The molecule has 2 aromatic rings. The molecule has 1 aliphatic rings. The summed E-state index contributed by atoms with van der Waals surface area (Å²) in [5.41, 5.74) is 2.15. The van der Waals surface area contributed by atoms with Crippen LogP contribution >= 0.6 is 0 Å². The lowest BCUT2D eigenvalue weighted by atomic mass is 10.1. The van der Waals surface area contributed by atoms with Gasteiger partial charge in [-0.05, 0) is 56.4 Å². The van der Waals surface area contributed by atoms with E-state index in [0.29, 0.717) is 12.5 Å². The summed E-state index contributed by atoms with van der Waals surface area (Å²) < 4.78 is 10.8. The number of benzene rings is 2. The molecule has 0 spiro atoms. The van der Waals surface area contributed by atoms with Crippen LogP contribution in [0.3, 0.4) is 0 Å². The van der Waals surface area contributed by atoms with Crippen molar-refractivity contribution in [1.82, 2.24) is 10.2 Å². The van der Waals surface area contributed by atoms with Gasteiger partial charge in [-0.15, -0.1) is 0 Å². The molecule has 2 aromatic carbocycles. The molecular weight excluding hydrogens is 364 g/mol. The van der Waals surface area contributed by atoms with E-state index in [2.05, 4.69) is 41.4 Å². The fourth-order valence-corrected chi connectivity index (χ4v) is 3.66. The van der Waals surface area contributed by atoms with E-state index in [9.17, 15) is 4.79 Å². The Balaban J connectivity index is 1.68. The Morgan fingerprint density at radius 3 is 2.45 bits per heavy atom. The molecule has 5 nitrogen and oxygen atoms in total. The summed E-state index contributed by atoms with van der Waals surface area (Å²) in [7, 11) is 3.27. The van der Waals surface area contributed by atoms with Crippen molar-refractivity contribution in [3.05, 3.63) is 59.7 Å². The van der Waals surface area contributed by atoms with Crippen molar-refractivity contribution < 1.29 is 14.3 Å². The number of nitrogens with zero attached hydrogens (tertiary/aromatic N) is 1. The average molecular weight is 397 g/mol. The van der Waals surface area contributed by atoms with Gasteiger partial charge in [0.1, 0.15) is 11.5 Å². The highest BCUT2D eigenvalue weighted by atomic mass is 16.5. The third kappa shape index (κ3) is 5.73. The fraction of sp³-hybridized carbons (Fsp3) is 0.458. The van der Waals surface area contributed by atoms with Crippen molar-refractivity contribution in [2.24, 2.45) is 5.92 Å². The van der Waals surface area contributed by atoms with Crippen LogP contribution in [0, 0.1) is 5.92 Å². The van der Waals surface area contributed by atoms with Crippen LogP contribution in [0.4, 0.5) is 0 Å². The maximum Gasteiger partial charge on any atom is 0.234 e. The van der Waals surface area contributed by atoms with Crippen molar-refractivity contribution in [1.29, 1.82) is 0 Å². The van der Waals surface area contributed by atoms with E-state index >= 15 is 0 Å². The molecule has 1 aliphatic carbocycles. The van der Waals surface area contributed by atoms with Crippen LogP contribution in [0.5, 0.6) is 11.5 Å². The minimum atomic E-state index is -0.178. The van der Waals surface area contributed by atoms with Crippen molar-refractivity contribution in [2.75, 3.05) is 27.3 Å². The zero-order chi connectivity index (χ0) is 20.8. The minimum absolute atomic E-state index is 0.0193. The van der Waals surface area contributed by atoms with Crippen LogP contribution in [0.2, 0.25) is 0 Å². The molecule has 2 unspecified atom stereocenters. The van der Waals surface area contributed by atoms with Gasteiger partial charge in [0, 0.05) is 18.2 Å². The summed E-state index contributed by atoms with van der Waals surface area (Å²) >= 11 is 0. The first-order valence-electron chi connectivity index (χ1n) is 10.3. The molecule has 0 aromatic heterocycles. The molecule has 1 fully saturated rings. The predicted octanol–water partition coefficient (Wildman–Crippen LogP) is 4.35. The maximum absolute atomic E-state index is 12.9. The molecular formula is C24H32N2O3. The third-order valence-corrected chi connectivity index (χ3v) is 5.65. The molecule has 1 amide bonds. The Morgan fingerprint density at radius 2 is 1.83 bits per heavy atom. The number of carbonyl (C=O) groups is 1. The highest BCUT2D eigenvalue weighted by Gasteiger charge is 2.28. The van der Waals surface area contributed by atoms with E-state index in [1.807, 2.05) is 31.2 Å². The molecule has 0 heterocycles. The zero-order valence-corrected chi connectivity index (χ0v) is 17.9. The number of nitrogens with one attached hydrogen (secondary N) is 1. The Hall–Kier alpha value is -2.53. The molecule has 0 radical (unpaired) electrons. The van der Waals surface area contributed by atoms with Crippen molar-refractivity contribution >= 4 is 5.91 Å². The second-order valence-electron chi connectivity index (χ2n) is 7.86. The van der Waals surface area contributed by atoms with Gasteiger partial charge in [-0.3, -0.25) is 9.69 Å². The largest absolute Gasteiger partial charge is 0.497 e. The Bertz CT molecular complexity index is 805. The number of rotatable bonds is 10. The third-order valence-electron chi connectivity index (χ3n) is 5.65. The summed E-state index contributed by atoms with van der Waals surface area (Å²) in [6.45, 7) is 5.49. The van der Waals surface area contributed by atoms with Gasteiger partial charge in [-0.1, -0.05) is 30.3 Å². The molecule has 3 rings (SSSR count). The molecule has 2 atom stereocenters. The number of hydrogen-bond donors (Lipinski definition) is 1. The van der Waals surface area contributed by atoms with Crippen LogP contribution < -0.4 is 14.8 Å². The molecule has 0 bridgehead atoms. The Labute approximate surface area is 174 Å². The monoisotopic (exact) mass is 396 g/mol. The van der Waals surface area contributed by atoms with Crippen molar-refractivity contribution in [3.63, 3.8) is 0 Å². The van der Waals surface area contributed by atoms with Crippen LogP contribution in [0.25, 0.3) is 0 Å². The second kappa shape index (κ2) is 9.79. The second-order valence-corrected chi connectivity index (χ2v) is 7.86. The predicted molar refractivity (Wildman–Crippen MR) is 115 cm³/mol. The lowest BCUT2D eigenvalue weighted by molar-refractivity contribution is -0.123. The summed E-state index contributed by atoms with van der Waals surface area (Å²) in [5.74, 6) is 2.22. The summed E-state index contributed by atoms with van der Waals surface area (Å²) in [5, 5.41) is 3.14. The highest BCUT2D eigenvalue weighted by molar-refractivity contribution is 5.78. The molecule has 0 aliphatic heterocycles. The quantitative estimate of drug-likeness (QED) is 0.649. The van der Waals surface area contributed by atoms with Crippen molar-refractivity contribution in [3.8, 4) is 11.5 Å². The van der Waals surface area contributed by atoms with Crippen LogP contribution in [-0.4, -0.2) is 38.1 Å². The van der Waals surface area contributed by atoms with E-state index in [-0.39, 0.29) is 18.0 Å². The zero-order valence-electron chi connectivity index (χ0n) is 17.9. The standard InChI is InChI=1S/C24H32N2O3/c1-17(22-14-21(28-3)12-13-23(22)29-4)25-24(27)16-26(15-19-10-11-19)18(2)20-8-6-5-7-9-20/h5-9,12-14,17-19H,10-11,15-16H2,1-4H3,(H,25,27). The maximum atomic E-state index is 12.9. The van der Waals surface area contributed by atoms with E-state index in [0.717, 1.165) is 23.6 Å². The van der Waals surface area contributed by atoms with Gasteiger partial charge >= 0.3 is 0 Å². The number of methoxy groups -OCH3 is 2. The molecule has 0 saturated heterocycles. The van der Waals surface area contributed by atoms with E-state index < -0.39 is 0 Å². The summed E-state index contributed by atoms with van der Waals surface area (Å²) in [6.07, 6.45) is 2.52. The van der Waals surface area contributed by atoms with E-state index in [1.54, 1.807) is 14.2 Å². The van der Waals surface area contributed by atoms with Gasteiger partial charge in [-0.2, -0.15) is 0 Å². The molecule has 5 heteroatoms. The first-order chi connectivity index (χ1) is 14.0. The number of carbonyl (C=O) groups excluding carboxylic acids is 1. The lowest BCUT2D eigenvalue weighted by Gasteiger charge is -2.29. The van der Waals surface area contributed by atoms with Crippen molar-refractivity contribution in [2.45, 2.75) is 38.8 Å².